The van der Waals surface area contributed by atoms with Gasteiger partial charge < -0.3 is 15.5 Å². The summed E-state index contributed by atoms with van der Waals surface area (Å²) in [6.45, 7) is 1.85. The number of pyridine rings is 1. The zero-order valence-electron chi connectivity index (χ0n) is 15.0. The van der Waals surface area contributed by atoms with Gasteiger partial charge in [-0.05, 0) is 53.0 Å². The van der Waals surface area contributed by atoms with Crippen molar-refractivity contribution < 1.29 is 9.59 Å². The summed E-state index contributed by atoms with van der Waals surface area (Å²) in [5.41, 5.74) is 0.818. The number of hydrogen-bond donors (Lipinski definition) is 2. The predicted octanol–water partition coefficient (Wildman–Crippen LogP) is 3.21. The van der Waals surface area contributed by atoms with Gasteiger partial charge in [0.05, 0.1) is 11.6 Å². The van der Waals surface area contributed by atoms with Crippen LogP contribution in [0.4, 0.5) is 11.5 Å². The molecule has 3 rings (SSSR count). The molecular weight excluding hydrogens is 408 g/mol. The number of anilines is 2. The van der Waals surface area contributed by atoms with Crippen LogP contribution in [0.5, 0.6) is 0 Å². The number of benzene rings is 1. The van der Waals surface area contributed by atoms with Gasteiger partial charge >= 0.3 is 0 Å². The van der Waals surface area contributed by atoms with Crippen LogP contribution < -0.4 is 15.5 Å². The first kappa shape index (κ1) is 19.4. The molecule has 1 atom stereocenters. The third kappa shape index (κ3) is 5.29. The third-order valence-corrected chi connectivity index (χ3v) is 5.18. The van der Waals surface area contributed by atoms with Crippen LogP contribution >= 0.6 is 15.9 Å². The molecule has 2 amide bonds. The fourth-order valence-corrected chi connectivity index (χ4v) is 3.58. The number of aromatic nitrogens is 1. The molecule has 0 spiro atoms. The number of para-hydroxylation sites is 1. The van der Waals surface area contributed by atoms with Crippen LogP contribution in [0.25, 0.3) is 0 Å². The summed E-state index contributed by atoms with van der Waals surface area (Å²) in [4.78, 5) is 30.6. The Bertz CT molecular complexity index is 785. The summed E-state index contributed by atoms with van der Waals surface area (Å²) in [6, 6.07) is 13.3. The molecule has 1 aliphatic rings. The molecular formula is C20H23BrN4O2. The van der Waals surface area contributed by atoms with Crippen molar-refractivity contribution in [2.75, 3.05) is 29.9 Å². The van der Waals surface area contributed by atoms with Crippen molar-refractivity contribution in [3.05, 3.63) is 53.1 Å². The van der Waals surface area contributed by atoms with Gasteiger partial charge in [-0.15, -0.1) is 0 Å². The van der Waals surface area contributed by atoms with Gasteiger partial charge in [-0.3, -0.25) is 9.59 Å². The van der Waals surface area contributed by atoms with Crippen LogP contribution in [-0.2, 0) is 9.59 Å². The first-order valence-corrected chi connectivity index (χ1v) is 9.92. The van der Waals surface area contributed by atoms with E-state index in [2.05, 4.69) is 31.5 Å². The molecule has 0 bridgehead atoms. The molecule has 0 radical (unpaired) electrons. The molecule has 7 heteroatoms. The Morgan fingerprint density at radius 2 is 1.93 bits per heavy atom. The van der Waals surface area contributed by atoms with E-state index in [0.717, 1.165) is 35.4 Å². The van der Waals surface area contributed by atoms with E-state index in [4.69, 9.17) is 0 Å². The van der Waals surface area contributed by atoms with Crippen LogP contribution in [0.1, 0.15) is 19.3 Å². The fraction of sp³-hybridized carbons (Fsp3) is 0.350. The number of nitrogens with one attached hydrogen (secondary N) is 2. The highest BCUT2D eigenvalue weighted by Gasteiger charge is 2.35. The highest BCUT2D eigenvalue weighted by atomic mass is 79.9. The molecule has 1 aromatic heterocycles. The van der Waals surface area contributed by atoms with Gasteiger partial charge in [0.1, 0.15) is 5.82 Å². The topological polar surface area (TPSA) is 74.3 Å². The van der Waals surface area contributed by atoms with Gasteiger partial charge in [0.15, 0.2) is 0 Å². The number of unbranched alkanes of at least 4 members (excludes halogenated alkanes) is 1. The van der Waals surface area contributed by atoms with Gasteiger partial charge in [-0.1, -0.05) is 18.2 Å². The minimum atomic E-state index is -0.295. The standard InChI is InChI=1S/C20H23BrN4O2/c21-16-7-1-2-8-17(16)25-14-15(13-19(25)26)20(27)24-12-6-5-11-23-18-9-3-4-10-22-18/h1-4,7-10,15H,5-6,11-14H2,(H,22,23)(H,24,27). The number of carbonyl (C=O) groups is 2. The third-order valence-electron chi connectivity index (χ3n) is 4.51. The SMILES string of the molecule is O=C(NCCCCNc1ccccn1)C1CC(=O)N(c2ccccc2Br)C1. The van der Waals surface area contributed by atoms with E-state index in [-0.39, 0.29) is 24.2 Å². The largest absolute Gasteiger partial charge is 0.370 e. The number of carbonyl (C=O) groups excluding carboxylic acids is 2. The van der Waals surface area contributed by atoms with E-state index < -0.39 is 0 Å². The van der Waals surface area contributed by atoms with Gasteiger partial charge in [0, 0.05) is 36.7 Å². The van der Waals surface area contributed by atoms with E-state index in [9.17, 15) is 9.59 Å². The Balaban J connectivity index is 1.38. The first-order chi connectivity index (χ1) is 13.1. The summed E-state index contributed by atoms with van der Waals surface area (Å²) in [6.07, 6.45) is 3.82. The first-order valence-electron chi connectivity index (χ1n) is 9.12. The molecule has 6 nitrogen and oxygen atoms in total. The molecule has 1 saturated heterocycles. The maximum Gasteiger partial charge on any atom is 0.227 e. The van der Waals surface area contributed by atoms with E-state index in [1.165, 1.54) is 0 Å². The minimum absolute atomic E-state index is 0.0124. The molecule has 0 saturated carbocycles. The number of amides is 2. The van der Waals surface area contributed by atoms with Crippen LogP contribution in [0.3, 0.4) is 0 Å². The second-order valence-corrected chi connectivity index (χ2v) is 7.35. The monoisotopic (exact) mass is 430 g/mol. The highest BCUT2D eigenvalue weighted by molar-refractivity contribution is 9.10. The number of halogens is 1. The predicted molar refractivity (Wildman–Crippen MR) is 110 cm³/mol. The van der Waals surface area contributed by atoms with Crippen molar-refractivity contribution in [2.24, 2.45) is 5.92 Å². The Labute approximate surface area is 167 Å². The van der Waals surface area contributed by atoms with Crippen molar-refractivity contribution in [2.45, 2.75) is 19.3 Å². The summed E-state index contributed by atoms with van der Waals surface area (Å²) in [5.74, 6) is 0.506. The molecule has 2 heterocycles. The molecule has 1 unspecified atom stereocenters. The van der Waals surface area contributed by atoms with E-state index >= 15 is 0 Å². The van der Waals surface area contributed by atoms with E-state index in [1.807, 2.05) is 42.5 Å². The van der Waals surface area contributed by atoms with Gasteiger partial charge in [-0.2, -0.15) is 0 Å². The maximum atomic E-state index is 12.4. The molecule has 27 heavy (non-hydrogen) atoms. The number of nitrogens with zero attached hydrogens (tertiary/aromatic N) is 2. The molecule has 2 N–H and O–H groups in total. The summed E-state index contributed by atoms with van der Waals surface area (Å²) >= 11 is 3.47. The van der Waals surface area contributed by atoms with Gasteiger partial charge in [0.2, 0.25) is 11.8 Å². The zero-order valence-corrected chi connectivity index (χ0v) is 16.6. The van der Waals surface area contributed by atoms with Crippen molar-refractivity contribution in [3.63, 3.8) is 0 Å². The lowest BCUT2D eigenvalue weighted by atomic mass is 10.1. The minimum Gasteiger partial charge on any atom is -0.370 e. The molecule has 2 aromatic rings. The highest BCUT2D eigenvalue weighted by Crippen LogP contribution is 2.31. The van der Waals surface area contributed by atoms with Crippen LogP contribution in [0.2, 0.25) is 0 Å². The summed E-state index contributed by atoms with van der Waals surface area (Å²) in [5, 5.41) is 6.20. The lowest BCUT2D eigenvalue weighted by Gasteiger charge is -2.18. The Morgan fingerprint density at radius 1 is 1.15 bits per heavy atom. The van der Waals surface area contributed by atoms with Gasteiger partial charge in [0.25, 0.3) is 0 Å². The zero-order chi connectivity index (χ0) is 19.1. The normalized spacial score (nSPS) is 16.4. The molecule has 142 valence electrons. The van der Waals surface area contributed by atoms with Crippen molar-refractivity contribution in [1.29, 1.82) is 0 Å². The van der Waals surface area contributed by atoms with Crippen LogP contribution in [-0.4, -0.2) is 36.4 Å². The summed E-state index contributed by atoms with van der Waals surface area (Å²) in [7, 11) is 0. The lowest BCUT2D eigenvalue weighted by molar-refractivity contribution is -0.126. The average Bonchev–Trinajstić information content (AvgIpc) is 3.07. The summed E-state index contributed by atoms with van der Waals surface area (Å²) < 4.78 is 0.861. The molecule has 1 aliphatic heterocycles. The van der Waals surface area contributed by atoms with Crippen LogP contribution in [0.15, 0.2) is 53.1 Å². The smallest absolute Gasteiger partial charge is 0.227 e. The van der Waals surface area contributed by atoms with Gasteiger partial charge in [-0.25, -0.2) is 4.98 Å². The number of rotatable bonds is 8. The second-order valence-electron chi connectivity index (χ2n) is 6.50. The Morgan fingerprint density at radius 3 is 2.70 bits per heavy atom. The molecule has 1 fully saturated rings. The van der Waals surface area contributed by atoms with E-state index in [1.54, 1.807) is 11.1 Å². The average molecular weight is 431 g/mol. The van der Waals surface area contributed by atoms with Crippen molar-refractivity contribution >= 4 is 39.2 Å². The number of hydrogen-bond acceptors (Lipinski definition) is 4. The van der Waals surface area contributed by atoms with Crippen molar-refractivity contribution in [3.8, 4) is 0 Å². The lowest BCUT2D eigenvalue weighted by Crippen LogP contribution is -2.33. The molecule has 0 aliphatic carbocycles. The Kier molecular flexibility index (Phi) is 6.81. The second kappa shape index (κ2) is 9.50. The van der Waals surface area contributed by atoms with Crippen LogP contribution in [0, 0.1) is 5.92 Å². The molecule has 1 aromatic carbocycles. The Hall–Kier alpha value is -2.41. The maximum absolute atomic E-state index is 12.4. The quantitative estimate of drug-likeness (QED) is 0.630. The van der Waals surface area contributed by atoms with Crippen molar-refractivity contribution in [1.82, 2.24) is 10.3 Å². The van der Waals surface area contributed by atoms with E-state index in [0.29, 0.717) is 13.1 Å². The fourth-order valence-electron chi connectivity index (χ4n) is 3.08.